The Bertz CT molecular complexity index is 794. The summed E-state index contributed by atoms with van der Waals surface area (Å²) in [6, 6.07) is 12.2. The maximum Gasteiger partial charge on any atom is 0.271 e. The molecule has 0 aliphatic carbocycles. The Kier molecular flexibility index (Phi) is 4.04. The summed E-state index contributed by atoms with van der Waals surface area (Å²) >= 11 is 3.51. The van der Waals surface area contributed by atoms with Gasteiger partial charge in [0.05, 0.1) is 22.0 Å². The molecule has 23 heavy (non-hydrogen) atoms. The van der Waals surface area contributed by atoms with Gasteiger partial charge in [-0.05, 0) is 34.1 Å². The van der Waals surface area contributed by atoms with Crippen LogP contribution in [0.5, 0.6) is 0 Å². The number of non-ortho nitro benzene ring substituents is 1. The molecule has 0 unspecified atom stereocenters. The van der Waals surface area contributed by atoms with E-state index in [2.05, 4.69) is 15.9 Å². The molecular formula is C16H14BrN3O3. The van der Waals surface area contributed by atoms with E-state index in [0.29, 0.717) is 24.3 Å². The second kappa shape index (κ2) is 6.00. The summed E-state index contributed by atoms with van der Waals surface area (Å²) in [5.74, 6) is -0.0188. The van der Waals surface area contributed by atoms with E-state index >= 15 is 0 Å². The van der Waals surface area contributed by atoms with Crippen molar-refractivity contribution in [1.29, 1.82) is 0 Å². The Morgan fingerprint density at radius 1 is 1.13 bits per heavy atom. The predicted molar refractivity (Wildman–Crippen MR) is 92.3 cm³/mol. The van der Waals surface area contributed by atoms with E-state index in [1.54, 1.807) is 18.0 Å². The van der Waals surface area contributed by atoms with Crippen molar-refractivity contribution in [2.45, 2.75) is 6.42 Å². The number of carbonyl (C=O) groups excluding carboxylic acids is 1. The Morgan fingerprint density at radius 3 is 2.57 bits per heavy atom. The fraction of sp³-hybridized carbons (Fsp3) is 0.188. The SMILES string of the molecule is CN1C(=O)CCN(c2ccccc2Br)c2cc([N+](=O)[O-])ccc21. The van der Waals surface area contributed by atoms with Gasteiger partial charge >= 0.3 is 0 Å². The standard InChI is InChI=1S/C16H14BrN3O3/c1-18-14-7-6-11(20(22)23)10-15(14)19(9-8-16(18)21)13-5-3-2-4-12(13)17/h2-7,10H,8-9H2,1H3. The number of hydrogen-bond acceptors (Lipinski definition) is 4. The second-order valence-electron chi connectivity index (χ2n) is 5.24. The molecule has 6 nitrogen and oxygen atoms in total. The first-order chi connectivity index (χ1) is 11.0. The number of fused-ring (bicyclic) bond motifs is 1. The summed E-state index contributed by atoms with van der Waals surface area (Å²) in [5.41, 5.74) is 2.19. The summed E-state index contributed by atoms with van der Waals surface area (Å²) in [7, 11) is 1.69. The average molecular weight is 376 g/mol. The highest BCUT2D eigenvalue weighted by atomic mass is 79.9. The zero-order valence-electron chi connectivity index (χ0n) is 12.4. The van der Waals surface area contributed by atoms with E-state index in [0.717, 1.165) is 10.2 Å². The maximum absolute atomic E-state index is 12.2. The Balaban J connectivity index is 2.21. The second-order valence-corrected chi connectivity index (χ2v) is 6.09. The highest BCUT2D eigenvalue weighted by molar-refractivity contribution is 9.10. The zero-order chi connectivity index (χ0) is 16.6. The fourth-order valence-electron chi connectivity index (χ4n) is 2.68. The van der Waals surface area contributed by atoms with Gasteiger partial charge < -0.3 is 9.80 Å². The van der Waals surface area contributed by atoms with Gasteiger partial charge in [-0.1, -0.05) is 12.1 Å². The van der Waals surface area contributed by atoms with E-state index < -0.39 is 4.92 Å². The fourth-order valence-corrected chi connectivity index (χ4v) is 3.17. The van der Waals surface area contributed by atoms with Crippen LogP contribution in [0.1, 0.15) is 6.42 Å². The molecule has 0 spiro atoms. The molecule has 3 rings (SSSR count). The van der Waals surface area contributed by atoms with Crippen LogP contribution in [0.25, 0.3) is 0 Å². The Morgan fingerprint density at radius 2 is 1.87 bits per heavy atom. The lowest BCUT2D eigenvalue weighted by atomic mass is 10.2. The quantitative estimate of drug-likeness (QED) is 0.590. The Hall–Kier alpha value is -2.41. The molecule has 0 N–H and O–H groups in total. The minimum absolute atomic E-state index is 0.00329. The van der Waals surface area contributed by atoms with Crippen molar-refractivity contribution in [3.05, 3.63) is 57.1 Å². The molecular weight excluding hydrogens is 362 g/mol. The van der Waals surface area contributed by atoms with Crippen molar-refractivity contribution in [2.24, 2.45) is 0 Å². The molecule has 0 radical (unpaired) electrons. The molecule has 1 heterocycles. The molecule has 1 amide bonds. The van der Waals surface area contributed by atoms with Crippen molar-refractivity contribution >= 4 is 44.6 Å². The predicted octanol–water partition coefficient (Wildman–Crippen LogP) is 3.86. The van der Waals surface area contributed by atoms with Crippen LogP contribution in [-0.2, 0) is 4.79 Å². The molecule has 118 valence electrons. The summed E-state index contributed by atoms with van der Waals surface area (Å²) in [4.78, 5) is 26.4. The van der Waals surface area contributed by atoms with Crippen LogP contribution < -0.4 is 9.80 Å². The van der Waals surface area contributed by atoms with E-state index in [1.165, 1.54) is 12.1 Å². The lowest BCUT2D eigenvalue weighted by molar-refractivity contribution is -0.384. The molecule has 1 aliphatic heterocycles. The number of benzene rings is 2. The van der Waals surface area contributed by atoms with E-state index in [4.69, 9.17) is 0 Å². The minimum Gasteiger partial charge on any atom is -0.338 e. The molecule has 1 aliphatic rings. The smallest absolute Gasteiger partial charge is 0.271 e. The number of halogens is 1. The summed E-state index contributed by atoms with van der Waals surface area (Å²) in [6.07, 6.45) is 0.334. The van der Waals surface area contributed by atoms with Crippen molar-refractivity contribution in [3.63, 3.8) is 0 Å². The number of hydrogen-bond donors (Lipinski definition) is 0. The summed E-state index contributed by atoms with van der Waals surface area (Å²) < 4.78 is 0.870. The molecule has 2 aromatic carbocycles. The van der Waals surface area contributed by atoms with Gasteiger partial charge in [0, 0.05) is 36.6 Å². The van der Waals surface area contributed by atoms with Gasteiger partial charge in [-0.3, -0.25) is 14.9 Å². The van der Waals surface area contributed by atoms with Crippen LogP contribution in [0.2, 0.25) is 0 Å². The highest BCUT2D eigenvalue weighted by Crippen LogP contribution is 2.41. The minimum atomic E-state index is -0.425. The molecule has 0 aromatic heterocycles. The van der Waals surface area contributed by atoms with Gasteiger partial charge in [0.1, 0.15) is 0 Å². The normalized spacial score (nSPS) is 14.4. The van der Waals surface area contributed by atoms with Gasteiger partial charge in [0.25, 0.3) is 5.69 Å². The van der Waals surface area contributed by atoms with Gasteiger partial charge in [0.15, 0.2) is 0 Å². The van der Waals surface area contributed by atoms with Crippen LogP contribution in [0.15, 0.2) is 46.9 Å². The first-order valence-electron chi connectivity index (χ1n) is 7.06. The number of rotatable bonds is 2. The average Bonchev–Trinajstić information content (AvgIpc) is 2.66. The van der Waals surface area contributed by atoms with E-state index in [9.17, 15) is 14.9 Å². The van der Waals surface area contributed by atoms with Crippen molar-refractivity contribution in [1.82, 2.24) is 0 Å². The highest BCUT2D eigenvalue weighted by Gasteiger charge is 2.27. The van der Waals surface area contributed by atoms with E-state index in [-0.39, 0.29) is 11.6 Å². The van der Waals surface area contributed by atoms with Crippen LogP contribution >= 0.6 is 15.9 Å². The van der Waals surface area contributed by atoms with Crippen molar-refractivity contribution in [3.8, 4) is 0 Å². The lowest BCUT2D eigenvalue weighted by Crippen LogP contribution is -2.25. The largest absolute Gasteiger partial charge is 0.338 e. The summed E-state index contributed by atoms with van der Waals surface area (Å²) in [6.45, 7) is 0.458. The van der Waals surface area contributed by atoms with Crippen LogP contribution in [0, 0.1) is 10.1 Å². The van der Waals surface area contributed by atoms with Crippen molar-refractivity contribution in [2.75, 3.05) is 23.4 Å². The molecule has 0 saturated carbocycles. The van der Waals surface area contributed by atoms with Gasteiger partial charge in [0.2, 0.25) is 5.91 Å². The third-order valence-corrected chi connectivity index (χ3v) is 4.56. The van der Waals surface area contributed by atoms with Crippen LogP contribution in [0.3, 0.4) is 0 Å². The van der Waals surface area contributed by atoms with Gasteiger partial charge in [-0.25, -0.2) is 0 Å². The number of carbonyl (C=O) groups is 1. The van der Waals surface area contributed by atoms with Crippen molar-refractivity contribution < 1.29 is 9.72 Å². The maximum atomic E-state index is 12.2. The number of para-hydroxylation sites is 1. The molecule has 0 atom stereocenters. The van der Waals surface area contributed by atoms with Crippen LogP contribution in [0.4, 0.5) is 22.7 Å². The molecule has 0 saturated heterocycles. The van der Waals surface area contributed by atoms with Gasteiger partial charge in [-0.2, -0.15) is 0 Å². The molecule has 2 aromatic rings. The molecule has 0 fully saturated rings. The lowest BCUT2D eigenvalue weighted by Gasteiger charge is -2.26. The van der Waals surface area contributed by atoms with Gasteiger partial charge in [-0.15, -0.1) is 0 Å². The third-order valence-electron chi connectivity index (χ3n) is 3.89. The number of nitro groups is 1. The van der Waals surface area contributed by atoms with Crippen LogP contribution in [-0.4, -0.2) is 24.4 Å². The number of nitro benzene ring substituents is 1. The topological polar surface area (TPSA) is 66.7 Å². The number of anilines is 3. The number of nitrogens with zero attached hydrogens (tertiary/aromatic N) is 3. The zero-order valence-corrected chi connectivity index (χ0v) is 14.0. The monoisotopic (exact) mass is 375 g/mol. The summed E-state index contributed by atoms with van der Waals surface area (Å²) in [5, 5.41) is 11.1. The first kappa shape index (κ1) is 15.5. The third kappa shape index (κ3) is 2.79. The molecule has 0 bridgehead atoms. The first-order valence-corrected chi connectivity index (χ1v) is 7.85. The number of amides is 1. The molecule has 7 heteroatoms. The Labute approximate surface area is 141 Å². The van der Waals surface area contributed by atoms with E-state index in [1.807, 2.05) is 29.2 Å².